The van der Waals surface area contributed by atoms with Crippen LogP contribution in [0.3, 0.4) is 0 Å². The molecule has 0 amide bonds. The first kappa shape index (κ1) is 20.6. The summed E-state index contributed by atoms with van der Waals surface area (Å²) in [5.74, 6) is 1.82. The molecular weight excluding hydrogens is 514 g/mol. The van der Waals surface area contributed by atoms with Crippen molar-refractivity contribution in [1.82, 2.24) is 14.1 Å². The molecule has 6 nitrogen and oxygen atoms in total. The highest BCUT2D eigenvalue weighted by atomic mass is 79.9. The molecule has 2 aromatic heterocycles. The zero-order valence-electron chi connectivity index (χ0n) is 18.5. The van der Waals surface area contributed by atoms with Crippen LogP contribution in [0.2, 0.25) is 0 Å². The van der Waals surface area contributed by atoms with Gasteiger partial charge in [0.15, 0.2) is 16.3 Å². The first-order valence-corrected chi connectivity index (χ1v) is 13.0. The number of H-pyrrole nitrogens is 1. The maximum Gasteiger partial charge on any atom is 0.231 e. The molecule has 7 rings (SSSR count). The molecular formula is C26H24BrN3O3S. The van der Waals surface area contributed by atoms with Crippen molar-refractivity contribution in [2.24, 2.45) is 0 Å². The van der Waals surface area contributed by atoms with Crippen LogP contribution in [0.15, 0.2) is 40.9 Å². The summed E-state index contributed by atoms with van der Waals surface area (Å²) in [6, 6.07) is 12.4. The van der Waals surface area contributed by atoms with E-state index in [2.05, 4.69) is 43.7 Å². The number of nitrogens with one attached hydrogen (secondary N) is 1. The molecule has 3 aliphatic rings. The predicted octanol–water partition coefficient (Wildman–Crippen LogP) is 6.74. The smallest absolute Gasteiger partial charge is 0.231 e. The minimum atomic E-state index is -0.192. The second-order valence-electron chi connectivity index (χ2n) is 9.48. The van der Waals surface area contributed by atoms with E-state index in [-0.39, 0.29) is 18.9 Å². The molecule has 8 heteroatoms. The number of fused-ring (bicyclic) bond motifs is 5. The summed E-state index contributed by atoms with van der Waals surface area (Å²) < 4.78 is 17.2. The molecule has 34 heavy (non-hydrogen) atoms. The van der Waals surface area contributed by atoms with Gasteiger partial charge in [-0.3, -0.25) is 4.57 Å². The normalized spacial score (nSPS) is 19.4. The average molecular weight is 538 g/mol. The van der Waals surface area contributed by atoms with Gasteiger partial charge in [-0.25, -0.2) is 0 Å². The van der Waals surface area contributed by atoms with E-state index in [1.54, 1.807) is 0 Å². The number of imidazole rings is 1. The van der Waals surface area contributed by atoms with Crippen molar-refractivity contribution >= 4 is 39.1 Å². The first-order valence-electron chi connectivity index (χ1n) is 11.8. The molecule has 1 saturated carbocycles. The Morgan fingerprint density at radius 3 is 2.68 bits per heavy atom. The van der Waals surface area contributed by atoms with Crippen molar-refractivity contribution in [3.8, 4) is 17.4 Å². The third-order valence-electron chi connectivity index (χ3n) is 7.62. The maximum atomic E-state index is 11.5. The molecule has 0 radical (unpaired) electrons. The second kappa shape index (κ2) is 7.65. The molecule has 0 bridgehead atoms. The Morgan fingerprint density at radius 1 is 1.00 bits per heavy atom. The molecule has 1 aliphatic carbocycles. The average Bonchev–Trinajstić information content (AvgIpc) is 3.53. The Hall–Kier alpha value is -2.71. The van der Waals surface area contributed by atoms with Crippen LogP contribution in [0.5, 0.6) is 17.4 Å². The third-order valence-corrected chi connectivity index (χ3v) is 8.51. The van der Waals surface area contributed by atoms with Crippen LogP contribution < -0.4 is 9.47 Å². The predicted molar refractivity (Wildman–Crippen MR) is 136 cm³/mol. The highest BCUT2D eigenvalue weighted by molar-refractivity contribution is 9.10. The summed E-state index contributed by atoms with van der Waals surface area (Å²) in [5, 5.41) is 12.7. The van der Waals surface area contributed by atoms with E-state index in [0.29, 0.717) is 17.1 Å². The summed E-state index contributed by atoms with van der Waals surface area (Å²) in [7, 11) is 0. The number of aromatic hydroxyl groups is 1. The van der Waals surface area contributed by atoms with Gasteiger partial charge in [0.05, 0.1) is 5.69 Å². The van der Waals surface area contributed by atoms with Crippen LogP contribution in [0.4, 0.5) is 0 Å². The van der Waals surface area contributed by atoms with Crippen molar-refractivity contribution in [2.75, 3.05) is 6.79 Å². The lowest BCUT2D eigenvalue weighted by atomic mass is 9.92. The zero-order chi connectivity index (χ0) is 23.0. The highest BCUT2D eigenvalue weighted by Crippen LogP contribution is 2.46. The molecule has 1 fully saturated rings. The Morgan fingerprint density at radius 2 is 1.82 bits per heavy atom. The van der Waals surface area contributed by atoms with E-state index in [1.165, 1.54) is 24.8 Å². The van der Waals surface area contributed by atoms with Crippen molar-refractivity contribution in [3.05, 3.63) is 68.2 Å². The van der Waals surface area contributed by atoms with Gasteiger partial charge in [-0.2, -0.15) is 0 Å². The Bertz CT molecular complexity index is 1510. The number of nitrogens with zero attached hydrogens (tertiary/aromatic N) is 2. The van der Waals surface area contributed by atoms with Crippen LogP contribution in [0, 0.1) is 4.77 Å². The van der Waals surface area contributed by atoms with E-state index in [1.807, 2.05) is 22.8 Å². The van der Waals surface area contributed by atoms with Gasteiger partial charge < -0.3 is 24.1 Å². The Kier molecular flexibility index (Phi) is 4.64. The third kappa shape index (κ3) is 2.94. The van der Waals surface area contributed by atoms with Crippen molar-refractivity contribution in [3.63, 3.8) is 0 Å². The van der Waals surface area contributed by atoms with Gasteiger partial charge in [-0.1, -0.05) is 41.3 Å². The van der Waals surface area contributed by atoms with Crippen LogP contribution >= 0.6 is 28.1 Å². The van der Waals surface area contributed by atoms with E-state index in [9.17, 15) is 5.11 Å². The number of rotatable bonds is 2. The first-order chi connectivity index (χ1) is 16.6. The Balaban J connectivity index is 1.49. The standard InChI is InChI=1S/C26H24BrN3O3S/c27-15-7-8-19-17(11-15)18-12-20-25(31)29(16-4-2-1-3-5-16)26(34)30(20)24(23(18)28-19)14-6-9-21-22(10-14)33-13-32-21/h6-11,16,24,28,31H,1-5,12-13H2. The van der Waals surface area contributed by atoms with E-state index in [0.717, 1.165) is 56.7 Å². The fourth-order valence-electron chi connectivity index (χ4n) is 6.03. The van der Waals surface area contributed by atoms with Crippen LogP contribution in [-0.2, 0) is 6.42 Å². The minimum absolute atomic E-state index is 0.192. The van der Waals surface area contributed by atoms with Gasteiger partial charge >= 0.3 is 0 Å². The number of aromatic amines is 1. The fourth-order valence-corrected chi connectivity index (χ4v) is 6.84. The summed E-state index contributed by atoms with van der Waals surface area (Å²) in [5.41, 5.74) is 5.32. The monoisotopic (exact) mass is 537 g/mol. The largest absolute Gasteiger partial charge is 0.493 e. The number of ether oxygens (including phenoxy) is 2. The molecule has 2 aliphatic heterocycles. The molecule has 1 atom stereocenters. The lowest BCUT2D eigenvalue weighted by molar-refractivity contribution is 0.174. The summed E-state index contributed by atoms with van der Waals surface area (Å²) in [6.07, 6.45) is 6.35. The van der Waals surface area contributed by atoms with Gasteiger partial charge in [-0.15, -0.1) is 0 Å². The van der Waals surface area contributed by atoms with Crippen molar-refractivity contribution in [1.29, 1.82) is 0 Å². The van der Waals surface area contributed by atoms with Crippen molar-refractivity contribution < 1.29 is 14.6 Å². The number of halogens is 1. The molecule has 0 spiro atoms. The molecule has 4 aromatic rings. The quantitative estimate of drug-likeness (QED) is 0.244. The number of hydrogen-bond donors (Lipinski definition) is 2. The number of aromatic nitrogens is 3. The fraction of sp³-hybridized carbons (Fsp3) is 0.346. The van der Waals surface area contributed by atoms with E-state index >= 15 is 0 Å². The summed E-state index contributed by atoms with van der Waals surface area (Å²) >= 11 is 9.71. The van der Waals surface area contributed by atoms with Gasteiger partial charge in [0.2, 0.25) is 12.7 Å². The molecule has 174 valence electrons. The molecule has 2 N–H and O–H groups in total. The lowest BCUT2D eigenvalue weighted by Gasteiger charge is -2.27. The maximum absolute atomic E-state index is 11.5. The van der Waals surface area contributed by atoms with Crippen LogP contribution in [0.1, 0.15) is 66.7 Å². The van der Waals surface area contributed by atoms with E-state index < -0.39 is 0 Å². The summed E-state index contributed by atoms with van der Waals surface area (Å²) in [4.78, 5) is 3.69. The van der Waals surface area contributed by atoms with Gasteiger partial charge in [0.1, 0.15) is 6.04 Å². The van der Waals surface area contributed by atoms with Crippen LogP contribution in [-0.4, -0.2) is 26.0 Å². The minimum Gasteiger partial charge on any atom is -0.493 e. The van der Waals surface area contributed by atoms with Gasteiger partial charge in [0.25, 0.3) is 0 Å². The lowest BCUT2D eigenvalue weighted by Crippen LogP contribution is -2.22. The van der Waals surface area contributed by atoms with Gasteiger partial charge in [-0.05, 0) is 66.5 Å². The Labute approximate surface area is 210 Å². The molecule has 1 unspecified atom stereocenters. The number of hydrogen-bond acceptors (Lipinski definition) is 4. The number of benzene rings is 2. The second-order valence-corrected chi connectivity index (χ2v) is 10.8. The summed E-state index contributed by atoms with van der Waals surface area (Å²) in [6.45, 7) is 0.235. The molecule has 0 saturated heterocycles. The van der Waals surface area contributed by atoms with E-state index in [4.69, 9.17) is 21.7 Å². The SMILES string of the molecule is Oc1c2n(c(=S)n1C1CCCCC1)C(c1ccc3c(c1)OCO3)c1[nH]c3ccc(Br)cc3c1C2. The molecule has 4 heterocycles. The topological polar surface area (TPSA) is 64.3 Å². The zero-order valence-corrected chi connectivity index (χ0v) is 20.9. The highest BCUT2D eigenvalue weighted by Gasteiger charge is 2.36. The molecule has 2 aromatic carbocycles. The van der Waals surface area contributed by atoms with Crippen LogP contribution in [0.25, 0.3) is 10.9 Å². The van der Waals surface area contributed by atoms with Crippen molar-refractivity contribution in [2.45, 2.75) is 50.6 Å². The van der Waals surface area contributed by atoms with Gasteiger partial charge in [0, 0.05) is 33.5 Å².